The molecule has 2 amide bonds. The molecule has 0 radical (unpaired) electrons. The number of carbonyl (C=O) groups is 1. The lowest BCUT2D eigenvalue weighted by Gasteiger charge is -2.32. The Hall–Kier alpha value is -2.89. The lowest BCUT2D eigenvalue weighted by atomic mass is 9.91. The first-order chi connectivity index (χ1) is 13.3. The molecule has 6 heteroatoms. The van der Waals surface area contributed by atoms with E-state index in [1.165, 1.54) is 12.0 Å². The number of piperidine rings is 1. The zero-order valence-electron chi connectivity index (χ0n) is 15.4. The van der Waals surface area contributed by atoms with Gasteiger partial charge >= 0.3 is 6.03 Å². The maximum absolute atomic E-state index is 12.5. The highest BCUT2D eigenvalue weighted by molar-refractivity contribution is 5.74. The SMILES string of the molecule is O=C(NCc1ccc2nccn2c1)N1CCC(CCc2cccnc2)CC1. The van der Waals surface area contributed by atoms with Crippen LogP contribution in [-0.2, 0) is 13.0 Å². The molecule has 0 atom stereocenters. The summed E-state index contributed by atoms with van der Waals surface area (Å²) in [6.07, 6.45) is 13.9. The molecule has 3 aromatic heterocycles. The average molecular weight is 363 g/mol. The van der Waals surface area contributed by atoms with Crippen molar-refractivity contribution in [1.82, 2.24) is 24.6 Å². The molecule has 27 heavy (non-hydrogen) atoms. The molecule has 0 aliphatic carbocycles. The minimum Gasteiger partial charge on any atom is -0.334 e. The number of fused-ring (bicyclic) bond motifs is 1. The van der Waals surface area contributed by atoms with Gasteiger partial charge in [-0.15, -0.1) is 0 Å². The number of hydrogen-bond donors (Lipinski definition) is 1. The van der Waals surface area contributed by atoms with Gasteiger partial charge in [0.2, 0.25) is 0 Å². The number of aryl methyl sites for hydroxylation is 1. The van der Waals surface area contributed by atoms with Gasteiger partial charge in [0.1, 0.15) is 5.65 Å². The number of hydrogen-bond acceptors (Lipinski definition) is 3. The van der Waals surface area contributed by atoms with Gasteiger partial charge in [-0.3, -0.25) is 4.98 Å². The molecule has 4 heterocycles. The maximum Gasteiger partial charge on any atom is 0.317 e. The van der Waals surface area contributed by atoms with E-state index in [4.69, 9.17) is 0 Å². The quantitative estimate of drug-likeness (QED) is 0.757. The third kappa shape index (κ3) is 4.45. The molecule has 140 valence electrons. The highest BCUT2D eigenvalue weighted by Gasteiger charge is 2.22. The first-order valence-electron chi connectivity index (χ1n) is 9.61. The van der Waals surface area contributed by atoms with E-state index in [1.54, 1.807) is 6.20 Å². The number of aromatic nitrogens is 3. The topological polar surface area (TPSA) is 62.5 Å². The van der Waals surface area contributed by atoms with Crippen LogP contribution in [0.1, 0.15) is 30.4 Å². The predicted molar refractivity (Wildman–Crippen MR) is 104 cm³/mol. The van der Waals surface area contributed by atoms with E-state index in [1.807, 2.05) is 52.3 Å². The van der Waals surface area contributed by atoms with Crippen LogP contribution < -0.4 is 5.32 Å². The van der Waals surface area contributed by atoms with Crippen molar-refractivity contribution in [3.05, 3.63) is 66.4 Å². The van der Waals surface area contributed by atoms with Crippen molar-refractivity contribution in [3.63, 3.8) is 0 Å². The number of rotatable bonds is 5. The molecule has 6 nitrogen and oxygen atoms in total. The van der Waals surface area contributed by atoms with Crippen LogP contribution in [0.25, 0.3) is 5.65 Å². The molecule has 0 unspecified atom stereocenters. The Kier molecular flexibility index (Phi) is 5.32. The minimum absolute atomic E-state index is 0.0337. The fourth-order valence-corrected chi connectivity index (χ4v) is 3.70. The van der Waals surface area contributed by atoms with Crippen LogP contribution in [-0.4, -0.2) is 38.4 Å². The second kappa shape index (κ2) is 8.20. The van der Waals surface area contributed by atoms with Crippen molar-refractivity contribution in [2.75, 3.05) is 13.1 Å². The number of imidazole rings is 1. The van der Waals surface area contributed by atoms with Gasteiger partial charge in [0.25, 0.3) is 0 Å². The Morgan fingerprint density at radius 3 is 2.85 bits per heavy atom. The van der Waals surface area contributed by atoms with Gasteiger partial charge in [-0.05, 0) is 54.9 Å². The van der Waals surface area contributed by atoms with Crippen LogP contribution in [0.2, 0.25) is 0 Å². The van der Waals surface area contributed by atoms with Crippen molar-refractivity contribution in [1.29, 1.82) is 0 Å². The lowest BCUT2D eigenvalue weighted by molar-refractivity contribution is 0.168. The van der Waals surface area contributed by atoms with Crippen molar-refractivity contribution in [2.45, 2.75) is 32.2 Å². The van der Waals surface area contributed by atoms with Gasteiger partial charge in [0.05, 0.1) is 0 Å². The highest BCUT2D eigenvalue weighted by atomic mass is 16.2. The molecule has 3 aromatic rings. The van der Waals surface area contributed by atoms with Crippen LogP contribution in [0.5, 0.6) is 0 Å². The molecule has 0 spiro atoms. The summed E-state index contributed by atoms with van der Waals surface area (Å²) in [6, 6.07) is 8.14. The Labute approximate surface area is 159 Å². The fourth-order valence-electron chi connectivity index (χ4n) is 3.70. The number of nitrogens with one attached hydrogen (secondary N) is 1. The van der Waals surface area contributed by atoms with Gasteiger partial charge in [0, 0.05) is 50.6 Å². The Morgan fingerprint density at radius 1 is 1.15 bits per heavy atom. The third-order valence-corrected chi connectivity index (χ3v) is 5.36. The number of urea groups is 1. The molecule has 1 aliphatic heterocycles. The molecule has 0 aromatic carbocycles. The first kappa shape index (κ1) is 17.5. The van der Waals surface area contributed by atoms with E-state index >= 15 is 0 Å². The second-order valence-corrected chi connectivity index (χ2v) is 7.22. The summed E-state index contributed by atoms with van der Waals surface area (Å²) < 4.78 is 1.97. The number of likely N-dealkylation sites (tertiary alicyclic amines) is 1. The Morgan fingerprint density at radius 2 is 2.04 bits per heavy atom. The van der Waals surface area contributed by atoms with E-state index < -0.39 is 0 Å². The first-order valence-corrected chi connectivity index (χ1v) is 9.61. The monoisotopic (exact) mass is 363 g/mol. The van der Waals surface area contributed by atoms with Crippen LogP contribution in [0.3, 0.4) is 0 Å². The zero-order chi connectivity index (χ0) is 18.5. The summed E-state index contributed by atoms with van der Waals surface area (Å²) in [5, 5.41) is 3.04. The van der Waals surface area contributed by atoms with Crippen molar-refractivity contribution in [3.8, 4) is 0 Å². The lowest BCUT2D eigenvalue weighted by Crippen LogP contribution is -2.44. The summed E-state index contributed by atoms with van der Waals surface area (Å²) in [7, 11) is 0. The van der Waals surface area contributed by atoms with E-state index in [0.29, 0.717) is 12.5 Å². The zero-order valence-corrected chi connectivity index (χ0v) is 15.4. The number of nitrogens with zero attached hydrogens (tertiary/aromatic N) is 4. The van der Waals surface area contributed by atoms with Gasteiger partial charge in [-0.1, -0.05) is 12.1 Å². The summed E-state index contributed by atoms with van der Waals surface area (Å²) in [4.78, 5) is 22.8. The van der Waals surface area contributed by atoms with Gasteiger partial charge in [0.15, 0.2) is 0 Å². The fraction of sp³-hybridized carbons (Fsp3) is 0.381. The second-order valence-electron chi connectivity index (χ2n) is 7.22. The summed E-state index contributed by atoms with van der Waals surface area (Å²) in [5.41, 5.74) is 3.28. The third-order valence-electron chi connectivity index (χ3n) is 5.36. The molecule has 0 saturated carbocycles. The van der Waals surface area contributed by atoms with Crippen molar-refractivity contribution in [2.24, 2.45) is 5.92 Å². The van der Waals surface area contributed by atoms with Crippen LogP contribution in [0.15, 0.2) is 55.2 Å². The van der Waals surface area contributed by atoms with Gasteiger partial charge in [-0.2, -0.15) is 0 Å². The predicted octanol–water partition coefficient (Wildman–Crippen LogP) is 3.28. The van der Waals surface area contributed by atoms with E-state index in [0.717, 1.165) is 43.6 Å². The number of carbonyl (C=O) groups excluding carboxylic acids is 1. The van der Waals surface area contributed by atoms with Gasteiger partial charge in [-0.25, -0.2) is 9.78 Å². The normalized spacial score (nSPS) is 15.2. The number of pyridine rings is 2. The van der Waals surface area contributed by atoms with E-state index in [-0.39, 0.29) is 6.03 Å². The average Bonchev–Trinajstić information content (AvgIpc) is 3.19. The summed E-state index contributed by atoms with van der Waals surface area (Å²) in [5.74, 6) is 0.693. The van der Waals surface area contributed by atoms with Crippen LogP contribution >= 0.6 is 0 Å². The smallest absolute Gasteiger partial charge is 0.317 e. The van der Waals surface area contributed by atoms with E-state index in [9.17, 15) is 4.79 Å². The van der Waals surface area contributed by atoms with Gasteiger partial charge < -0.3 is 14.6 Å². The summed E-state index contributed by atoms with van der Waals surface area (Å²) in [6.45, 7) is 2.21. The Balaban J connectivity index is 1.21. The minimum atomic E-state index is 0.0337. The summed E-state index contributed by atoms with van der Waals surface area (Å²) >= 11 is 0. The van der Waals surface area contributed by atoms with E-state index in [2.05, 4.69) is 21.4 Å². The standard InChI is InChI=1S/C21H25N5O/c27-21(24-15-19-5-6-20-23-10-13-26(20)16-19)25-11-7-17(8-12-25)3-4-18-2-1-9-22-14-18/h1-2,5-6,9-10,13-14,16-17H,3-4,7-8,11-12,15H2,(H,24,27). The molecule has 1 fully saturated rings. The molecule has 1 aliphatic rings. The maximum atomic E-state index is 12.5. The molecular weight excluding hydrogens is 338 g/mol. The van der Waals surface area contributed by atoms with Crippen LogP contribution in [0.4, 0.5) is 4.79 Å². The Bertz CT molecular complexity index is 884. The molecule has 4 rings (SSSR count). The van der Waals surface area contributed by atoms with Crippen LogP contribution in [0, 0.1) is 5.92 Å². The molecule has 0 bridgehead atoms. The number of amides is 2. The van der Waals surface area contributed by atoms with Crippen molar-refractivity contribution < 1.29 is 4.79 Å². The molecule has 1 saturated heterocycles. The largest absolute Gasteiger partial charge is 0.334 e. The molecular formula is C21H25N5O. The molecule has 1 N–H and O–H groups in total. The highest BCUT2D eigenvalue weighted by Crippen LogP contribution is 2.22. The van der Waals surface area contributed by atoms with Crippen molar-refractivity contribution >= 4 is 11.7 Å².